The van der Waals surface area contributed by atoms with Crippen LogP contribution in [0, 0.1) is 5.41 Å². The highest BCUT2D eigenvalue weighted by Gasteiger charge is 2.26. The average molecular weight is 476 g/mol. The average Bonchev–Trinajstić information content (AvgIpc) is 2.73. The standard InChI is InChI=1S/C14H23Cl2N5O.HI/c1-14(2,12(22)17-3)8-20-13(18-4)19-7-9-6-10(15)11(16)21(9)5;/h6H,7-8H2,1-5H3,(H,17,22)(H2,18,19,20);1H. The normalized spacial score (nSPS) is 11.7. The van der Waals surface area contributed by atoms with Crippen molar-refractivity contribution in [3.63, 3.8) is 0 Å². The fourth-order valence-electron chi connectivity index (χ4n) is 1.88. The molecule has 0 aliphatic heterocycles. The van der Waals surface area contributed by atoms with E-state index in [1.54, 1.807) is 24.7 Å². The molecule has 0 aromatic carbocycles. The fourth-order valence-corrected chi connectivity index (χ4v) is 2.29. The van der Waals surface area contributed by atoms with Gasteiger partial charge in [0.1, 0.15) is 5.15 Å². The minimum Gasteiger partial charge on any atom is -0.359 e. The van der Waals surface area contributed by atoms with Gasteiger partial charge in [-0.3, -0.25) is 9.79 Å². The smallest absolute Gasteiger partial charge is 0.227 e. The summed E-state index contributed by atoms with van der Waals surface area (Å²) in [5.41, 5.74) is 0.396. The van der Waals surface area contributed by atoms with Crippen LogP contribution in [0.25, 0.3) is 0 Å². The van der Waals surface area contributed by atoms with Gasteiger partial charge in [0.25, 0.3) is 0 Å². The van der Waals surface area contributed by atoms with E-state index in [9.17, 15) is 4.79 Å². The summed E-state index contributed by atoms with van der Waals surface area (Å²) in [6.07, 6.45) is 0. The largest absolute Gasteiger partial charge is 0.359 e. The van der Waals surface area contributed by atoms with Crippen LogP contribution in [0.5, 0.6) is 0 Å². The van der Waals surface area contributed by atoms with Gasteiger partial charge in [-0.2, -0.15) is 0 Å². The summed E-state index contributed by atoms with van der Waals surface area (Å²) in [6, 6.07) is 1.80. The summed E-state index contributed by atoms with van der Waals surface area (Å²) < 4.78 is 1.80. The van der Waals surface area contributed by atoms with Crippen LogP contribution in [0.2, 0.25) is 10.2 Å². The lowest BCUT2D eigenvalue weighted by atomic mass is 9.92. The maximum absolute atomic E-state index is 11.8. The lowest BCUT2D eigenvalue weighted by Crippen LogP contribution is -2.47. The third-order valence-electron chi connectivity index (χ3n) is 3.42. The van der Waals surface area contributed by atoms with E-state index in [2.05, 4.69) is 20.9 Å². The van der Waals surface area contributed by atoms with E-state index in [0.717, 1.165) is 5.69 Å². The number of nitrogens with one attached hydrogen (secondary N) is 3. The number of halogens is 3. The molecule has 0 aliphatic rings. The van der Waals surface area contributed by atoms with Crippen molar-refractivity contribution >= 4 is 59.0 Å². The second-order valence-electron chi connectivity index (χ2n) is 5.58. The monoisotopic (exact) mass is 475 g/mol. The fraction of sp³-hybridized carbons (Fsp3) is 0.571. The van der Waals surface area contributed by atoms with Crippen LogP contribution in [0.3, 0.4) is 0 Å². The molecule has 1 rings (SSSR count). The lowest BCUT2D eigenvalue weighted by Gasteiger charge is -2.24. The molecule has 3 N–H and O–H groups in total. The van der Waals surface area contributed by atoms with Crippen LogP contribution >= 0.6 is 47.2 Å². The Morgan fingerprint density at radius 3 is 2.39 bits per heavy atom. The zero-order valence-electron chi connectivity index (χ0n) is 14.0. The van der Waals surface area contributed by atoms with Crippen molar-refractivity contribution in [1.29, 1.82) is 0 Å². The molecule has 23 heavy (non-hydrogen) atoms. The molecule has 0 atom stereocenters. The molecule has 0 radical (unpaired) electrons. The first-order chi connectivity index (χ1) is 10.2. The van der Waals surface area contributed by atoms with Gasteiger partial charge in [0.05, 0.1) is 17.0 Å². The van der Waals surface area contributed by atoms with E-state index in [0.29, 0.717) is 29.2 Å². The zero-order valence-corrected chi connectivity index (χ0v) is 17.8. The Hall–Kier alpha value is -0.670. The summed E-state index contributed by atoms with van der Waals surface area (Å²) in [6.45, 7) is 4.70. The second kappa shape index (κ2) is 9.58. The molecule has 0 unspecified atom stereocenters. The van der Waals surface area contributed by atoms with Crippen molar-refractivity contribution in [2.75, 3.05) is 20.6 Å². The molecule has 1 aromatic rings. The van der Waals surface area contributed by atoms with Gasteiger partial charge >= 0.3 is 0 Å². The quantitative estimate of drug-likeness (QED) is 0.348. The third kappa shape index (κ3) is 6.04. The number of hydrogen-bond donors (Lipinski definition) is 3. The predicted octanol–water partition coefficient (Wildman–Crippen LogP) is 2.39. The molecule has 0 saturated carbocycles. The van der Waals surface area contributed by atoms with Gasteiger partial charge in [0.2, 0.25) is 5.91 Å². The number of amides is 1. The number of carbonyl (C=O) groups is 1. The molecular weight excluding hydrogens is 452 g/mol. The van der Waals surface area contributed by atoms with Crippen molar-refractivity contribution in [2.45, 2.75) is 20.4 Å². The molecule has 0 aliphatic carbocycles. The van der Waals surface area contributed by atoms with Crippen LogP contribution in [0.4, 0.5) is 0 Å². The molecule has 0 fully saturated rings. The van der Waals surface area contributed by atoms with Crippen molar-refractivity contribution < 1.29 is 4.79 Å². The number of hydrogen-bond acceptors (Lipinski definition) is 2. The number of carbonyl (C=O) groups excluding carboxylic acids is 1. The summed E-state index contributed by atoms with van der Waals surface area (Å²) >= 11 is 12.0. The second-order valence-corrected chi connectivity index (χ2v) is 6.34. The first-order valence-electron chi connectivity index (χ1n) is 6.89. The van der Waals surface area contributed by atoms with Gasteiger partial charge in [0.15, 0.2) is 5.96 Å². The van der Waals surface area contributed by atoms with Crippen LogP contribution in [-0.2, 0) is 18.4 Å². The number of aromatic nitrogens is 1. The maximum atomic E-state index is 11.8. The maximum Gasteiger partial charge on any atom is 0.227 e. The molecule has 0 saturated heterocycles. The van der Waals surface area contributed by atoms with Gasteiger partial charge < -0.3 is 20.5 Å². The Labute approximate surface area is 164 Å². The number of aliphatic imine (C=N–C) groups is 1. The van der Waals surface area contributed by atoms with Crippen LogP contribution in [0.1, 0.15) is 19.5 Å². The summed E-state index contributed by atoms with van der Waals surface area (Å²) in [5.74, 6) is 0.571. The van der Waals surface area contributed by atoms with E-state index >= 15 is 0 Å². The van der Waals surface area contributed by atoms with Crippen molar-refractivity contribution in [3.05, 3.63) is 21.9 Å². The van der Waals surface area contributed by atoms with E-state index in [1.165, 1.54) is 0 Å². The Kier molecular flexibility index (Phi) is 9.30. The minimum absolute atomic E-state index is 0. The highest BCUT2D eigenvalue weighted by molar-refractivity contribution is 14.0. The molecule has 0 spiro atoms. The Morgan fingerprint density at radius 1 is 1.35 bits per heavy atom. The van der Waals surface area contributed by atoms with Crippen molar-refractivity contribution in [1.82, 2.24) is 20.5 Å². The topological polar surface area (TPSA) is 70.5 Å². The van der Waals surface area contributed by atoms with Gasteiger partial charge in [-0.1, -0.05) is 23.2 Å². The van der Waals surface area contributed by atoms with Gasteiger partial charge in [-0.15, -0.1) is 24.0 Å². The van der Waals surface area contributed by atoms with E-state index in [4.69, 9.17) is 23.2 Å². The van der Waals surface area contributed by atoms with Crippen LogP contribution in [-0.4, -0.2) is 37.1 Å². The first kappa shape index (κ1) is 22.3. The number of guanidine groups is 1. The molecule has 0 bridgehead atoms. The van der Waals surface area contributed by atoms with Crippen LogP contribution < -0.4 is 16.0 Å². The molecular formula is C14H24Cl2IN5O. The number of nitrogens with zero attached hydrogens (tertiary/aromatic N) is 2. The molecule has 1 aromatic heterocycles. The Morgan fingerprint density at radius 2 is 1.96 bits per heavy atom. The summed E-state index contributed by atoms with van der Waals surface area (Å²) in [7, 11) is 5.14. The highest BCUT2D eigenvalue weighted by Crippen LogP contribution is 2.24. The molecule has 6 nitrogen and oxygen atoms in total. The zero-order chi connectivity index (χ0) is 16.9. The number of rotatable bonds is 5. The molecule has 1 amide bonds. The molecule has 9 heteroatoms. The predicted molar refractivity (Wildman–Crippen MR) is 107 cm³/mol. The SMILES string of the molecule is CN=C(NCc1cc(Cl)c(Cl)n1C)NCC(C)(C)C(=O)NC.I. The van der Waals surface area contributed by atoms with Crippen LogP contribution in [0.15, 0.2) is 11.1 Å². The minimum atomic E-state index is -0.538. The third-order valence-corrected chi connectivity index (χ3v) is 4.26. The van der Waals surface area contributed by atoms with Gasteiger partial charge in [-0.25, -0.2) is 0 Å². The van der Waals surface area contributed by atoms with E-state index in [1.807, 2.05) is 20.9 Å². The summed E-state index contributed by atoms with van der Waals surface area (Å²) in [5, 5.41) is 9.97. The summed E-state index contributed by atoms with van der Waals surface area (Å²) in [4.78, 5) is 15.9. The molecule has 132 valence electrons. The van der Waals surface area contributed by atoms with Gasteiger partial charge in [0, 0.05) is 33.4 Å². The van der Waals surface area contributed by atoms with Crippen molar-refractivity contribution in [2.24, 2.45) is 17.5 Å². The van der Waals surface area contributed by atoms with Crippen molar-refractivity contribution in [3.8, 4) is 0 Å². The Balaban J connectivity index is 0.00000484. The Bertz CT molecular complexity index is 572. The van der Waals surface area contributed by atoms with E-state index in [-0.39, 0.29) is 29.9 Å². The van der Waals surface area contributed by atoms with Gasteiger partial charge in [-0.05, 0) is 19.9 Å². The molecule has 1 heterocycles. The first-order valence-corrected chi connectivity index (χ1v) is 7.64. The highest BCUT2D eigenvalue weighted by atomic mass is 127. The van der Waals surface area contributed by atoms with E-state index < -0.39 is 5.41 Å². The lowest BCUT2D eigenvalue weighted by molar-refractivity contribution is -0.128.